The van der Waals surface area contributed by atoms with Crippen molar-refractivity contribution in [2.45, 2.75) is 339 Å². The standard InChI is InChI=1S/C65H117N3O37P2/c1-3-5-7-9-11-13-15-17-19-21-36(72)25-49(79)67-38-27-40(74)47(97-59(38)84)34-94-60-39(68-50(80)26-37(73)22-20-18-16-14-12-10-8-6-4-2)28-45(104-106(89,90)91)48(98-60)35-95-64(62(85)86)30-46(101-65(63(87)88)29-41(75)51(81)54(102-65)42(76)31-69)57(56(103-64)44(78)33-71)100-61-53(83)52(82)58(55(99-61)43(77)32-70)105-107(92,93)96-24-23-66/h23-24,36-48,51-61,69-78,81-84,89-93H,3-22,25-35,66H2,1-2H3,(H2-2,67,68,79,80,85,86,87,88)/p+2/b24-23+/t36-,37-,38-,39-,40+,41-,42-,43+,44-,45+,46-,47-,48-,51-,52-,53+,54-,55-,56-,57-,58+,59+,60+,61-,64-,65-/m1/s1. The average molecular weight is 1600 g/mol. The van der Waals surface area contributed by atoms with E-state index in [-0.39, 0.29) is 19.3 Å². The van der Waals surface area contributed by atoms with Crippen LogP contribution in [-0.2, 0) is 75.4 Å². The second-order valence-electron chi connectivity index (χ2n) is 27.9. The van der Waals surface area contributed by atoms with E-state index in [2.05, 4.69) is 29.0 Å². The summed E-state index contributed by atoms with van der Waals surface area (Å²) >= 11 is 0. The van der Waals surface area contributed by atoms with Gasteiger partial charge in [0, 0.05) is 31.9 Å². The van der Waals surface area contributed by atoms with Gasteiger partial charge in [0.2, 0.25) is 11.8 Å². The lowest BCUT2D eigenvalue weighted by Gasteiger charge is -2.52. The molecule has 0 unspecified atom stereocenters. The van der Waals surface area contributed by atoms with Crippen LogP contribution >= 0.6 is 16.3 Å². The van der Waals surface area contributed by atoms with Crippen LogP contribution in [0.5, 0.6) is 0 Å². The third-order valence-electron chi connectivity index (χ3n) is 19.2. The highest BCUT2D eigenvalue weighted by atomic mass is 31.2. The number of rotatable bonds is 50. The molecule has 5 saturated heterocycles. The molecule has 42 heteroatoms. The highest BCUT2D eigenvalue weighted by molar-refractivity contribution is 7.54. The zero-order valence-electron chi connectivity index (χ0n) is 60.3. The van der Waals surface area contributed by atoms with Gasteiger partial charge in [-0.2, -0.15) is 24.5 Å². The molecular weight excluding hydrogens is 1480 g/mol. The molecule has 0 aromatic heterocycles. The van der Waals surface area contributed by atoms with Crippen LogP contribution in [-0.4, -0.2) is 321 Å². The maximum atomic E-state index is 14.1. The van der Waals surface area contributed by atoms with Crippen molar-refractivity contribution in [1.29, 1.82) is 0 Å². The molecule has 2 amide bonds. The van der Waals surface area contributed by atoms with Crippen LogP contribution < -0.4 is 16.4 Å². The molecule has 0 saturated carbocycles. The Hall–Kier alpha value is -3.12. The Morgan fingerprint density at radius 2 is 1.05 bits per heavy atom. The van der Waals surface area contributed by atoms with E-state index >= 15 is 0 Å². The number of aliphatic carboxylic acids is 2. The zero-order chi connectivity index (χ0) is 79.4. The lowest BCUT2D eigenvalue weighted by Crippen LogP contribution is -2.70. The van der Waals surface area contributed by atoms with Crippen molar-refractivity contribution in [1.82, 2.24) is 10.6 Å². The van der Waals surface area contributed by atoms with Crippen LogP contribution in [0.25, 0.3) is 0 Å². The van der Waals surface area contributed by atoms with Gasteiger partial charge < -0.3 is 141 Å². The van der Waals surface area contributed by atoms with Crippen LogP contribution in [0.15, 0.2) is 12.5 Å². The third kappa shape index (κ3) is 29.7. The van der Waals surface area contributed by atoms with E-state index in [1.165, 1.54) is 12.8 Å². The number of aliphatic hydroxyl groups is 14. The Labute approximate surface area is 620 Å². The minimum Gasteiger partial charge on any atom is -0.477 e. The SMILES string of the molecule is CCCCCCCCCCC[C@@H](O)CC(=O)N[C@@H]1C[C@H](O[P+](O)(O)O)[C@@H](CO[C@]2(C(=O)O)C[C@@H](O[C@]3(C(=O)O)C[C@@H](O)[C@@H](O)[C@@H]([C@H](O)CO)O3)[C@@H](O[C@H]3O[C@H]([C@@H](O)CO)[C@@H](O[P+](O)(O)O/C=C/N)[C@H](O)[C@@H]3O)[C@@H]([C@H](O)CO)O2)O[C@@H]1OC[C@H]1O[C@H](O)[C@H](NC(=O)C[C@H](O)CCCCCCCCCCC)C[C@@H]1O. The summed E-state index contributed by atoms with van der Waals surface area (Å²) in [6.45, 7) is -1.81. The molecule has 5 fully saturated rings. The molecular formula is C65H119N3O37P2+2. The Bertz CT molecular complexity index is 2620. The predicted octanol–water partition coefficient (Wildman–Crippen LogP) is -3.41. The summed E-state index contributed by atoms with van der Waals surface area (Å²) in [6, 6.07) is -2.75. The first-order valence-electron chi connectivity index (χ1n) is 36.7. The fraction of sp³-hybridized carbons (Fsp3) is 0.908. The Morgan fingerprint density at radius 3 is 1.56 bits per heavy atom. The van der Waals surface area contributed by atoms with E-state index in [0.29, 0.717) is 31.7 Å². The molecule has 0 aliphatic carbocycles. The maximum Gasteiger partial charge on any atom is 0.616 e. The molecule has 5 heterocycles. The largest absolute Gasteiger partial charge is 0.616 e. The number of hydrogen-bond acceptors (Lipinski definition) is 36. The van der Waals surface area contributed by atoms with Gasteiger partial charge in [0.05, 0.1) is 88.5 Å². The highest BCUT2D eigenvalue weighted by Gasteiger charge is 2.64. The molecule has 0 bridgehead atoms. The number of ether oxygens (including phenoxy) is 9. The third-order valence-corrected chi connectivity index (χ3v) is 20.7. The second-order valence-corrected chi connectivity index (χ2v) is 30.6. The molecule has 5 aliphatic heterocycles. The molecule has 0 radical (unpaired) electrons. The van der Waals surface area contributed by atoms with E-state index in [9.17, 15) is 125 Å². The number of carboxylic acids is 2. The summed E-state index contributed by atoms with van der Waals surface area (Å²) in [5.74, 6) is -12.9. The Balaban J connectivity index is 1.49. The first-order valence-corrected chi connectivity index (χ1v) is 39.8. The van der Waals surface area contributed by atoms with Gasteiger partial charge >= 0.3 is 28.3 Å². The maximum absolute atomic E-state index is 14.1. The van der Waals surface area contributed by atoms with Crippen molar-refractivity contribution in [2.75, 3.05) is 33.0 Å². The summed E-state index contributed by atoms with van der Waals surface area (Å²) in [7, 11) is -10.6. The predicted molar refractivity (Wildman–Crippen MR) is 366 cm³/mol. The van der Waals surface area contributed by atoms with Crippen LogP contribution in [0.3, 0.4) is 0 Å². The van der Waals surface area contributed by atoms with Crippen molar-refractivity contribution in [3.05, 3.63) is 12.5 Å². The molecule has 0 aromatic rings. The van der Waals surface area contributed by atoms with Crippen LogP contribution in [0.4, 0.5) is 0 Å². The highest BCUT2D eigenvalue weighted by Crippen LogP contribution is 2.56. The van der Waals surface area contributed by atoms with E-state index in [1.54, 1.807) is 0 Å². The molecule has 5 rings (SSSR count). The topological polar surface area (TPSA) is 654 Å². The smallest absolute Gasteiger partial charge is 0.477 e. The van der Waals surface area contributed by atoms with Crippen molar-refractivity contribution in [2.24, 2.45) is 5.73 Å². The van der Waals surface area contributed by atoms with Gasteiger partial charge in [-0.1, -0.05) is 129 Å². The minimum absolute atomic E-state index is 0.196. The summed E-state index contributed by atoms with van der Waals surface area (Å²) in [5, 5.41) is 181. The van der Waals surface area contributed by atoms with E-state index in [1.807, 2.05) is 0 Å². The molecule has 26 atom stereocenters. The average Bonchev–Trinajstić information content (AvgIpc) is 0.743. The van der Waals surface area contributed by atoms with Gasteiger partial charge in [-0.25, -0.2) is 9.59 Å². The van der Waals surface area contributed by atoms with E-state index in [4.69, 9.17) is 57.4 Å². The molecule has 25 N–H and O–H groups in total. The Kier molecular flexibility index (Phi) is 40.9. The number of nitrogens with two attached hydrogens (primary N) is 1. The number of nitrogens with one attached hydrogen (secondary N) is 2. The summed E-state index contributed by atoms with van der Waals surface area (Å²) in [4.78, 5) is 107. The van der Waals surface area contributed by atoms with Gasteiger partial charge in [0.15, 0.2) is 31.2 Å². The zero-order valence-corrected chi connectivity index (χ0v) is 62.1. The first kappa shape index (κ1) is 94.5. The van der Waals surface area contributed by atoms with Gasteiger partial charge in [-0.15, -0.1) is 9.05 Å². The van der Waals surface area contributed by atoms with Crippen LogP contribution in [0, 0.1) is 0 Å². The first-order chi connectivity index (χ1) is 50.6. The molecule has 0 spiro atoms. The van der Waals surface area contributed by atoms with Gasteiger partial charge in [0.25, 0.3) is 11.6 Å². The van der Waals surface area contributed by atoms with Crippen molar-refractivity contribution in [3.63, 3.8) is 0 Å². The number of aliphatic hydroxyl groups excluding tert-OH is 14. The fourth-order valence-electron chi connectivity index (χ4n) is 13.4. The lowest BCUT2D eigenvalue weighted by atomic mass is 9.89. The number of amides is 2. The van der Waals surface area contributed by atoms with Gasteiger partial charge in [-0.3, -0.25) is 14.1 Å². The summed E-state index contributed by atoms with van der Waals surface area (Å²) < 4.78 is 68.5. The van der Waals surface area contributed by atoms with Crippen LogP contribution in [0.2, 0.25) is 0 Å². The number of carbonyl (C=O) groups excluding carboxylic acids is 2. The number of hydrogen-bond donors (Lipinski definition) is 24. The molecule has 107 heavy (non-hydrogen) atoms. The Morgan fingerprint density at radius 1 is 0.542 bits per heavy atom. The second kappa shape index (κ2) is 46.3. The van der Waals surface area contributed by atoms with Crippen molar-refractivity contribution in [3.8, 4) is 0 Å². The monoisotopic (exact) mass is 1600 g/mol. The molecule has 624 valence electrons. The minimum atomic E-state index is -5.47. The van der Waals surface area contributed by atoms with Crippen LogP contribution in [0.1, 0.15) is 181 Å². The molecule has 0 aromatic carbocycles. The normalized spacial score (nSPS) is 33.8. The lowest BCUT2D eigenvalue weighted by molar-refractivity contribution is -0.399. The summed E-state index contributed by atoms with van der Waals surface area (Å²) in [5.41, 5.74) is 5.21. The van der Waals surface area contributed by atoms with E-state index < -0.39 is 257 Å². The number of unbranched alkanes of at least 4 members (excludes halogenated alkanes) is 16. The fourth-order valence-corrected chi connectivity index (χ4v) is 14.9. The number of carbonyl (C=O) groups is 4. The molecule has 40 nitrogen and oxygen atoms in total. The molecule has 5 aliphatic rings. The summed E-state index contributed by atoms with van der Waals surface area (Å²) in [6.07, 6.45) is -31.2. The van der Waals surface area contributed by atoms with Gasteiger partial charge in [0.1, 0.15) is 79.4 Å². The van der Waals surface area contributed by atoms with Gasteiger partial charge in [-0.05, 0) is 12.8 Å². The number of carboxylic acid groups (broad SMARTS) is 2. The van der Waals surface area contributed by atoms with Crippen molar-refractivity contribution >= 4 is 40.1 Å². The van der Waals surface area contributed by atoms with E-state index in [0.717, 1.165) is 89.9 Å². The van der Waals surface area contributed by atoms with Crippen molar-refractivity contribution < 1.29 is 182 Å². The quantitative estimate of drug-likeness (QED) is 0.0160.